The van der Waals surface area contributed by atoms with Crippen LogP contribution in [0.3, 0.4) is 0 Å². The van der Waals surface area contributed by atoms with Crippen molar-refractivity contribution in [3.63, 3.8) is 0 Å². The Hall–Kier alpha value is -2.47. The molecule has 23 heavy (non-hydrogen) atoms. The highest BCUT2D eigenvalue weighted by molar-refractivity contribution is 6.33. The standard InChI is InChI=1S/C16H13ClF2N2O2/c17-12-3-1-2-4-14(12)21-15(22)7-8-20-16(23)11-6-5-10(18)9-13(11)19/h1-6,9H,7-8H2,(H,20,23)(H,21,22). The minimum absolute atomic E-state index is 0.00589. The summed E-state index contributed by atoms with van der Waals surface area (Å²) in [4.78, 5) is 23.5. The highest BCUT2D eigenvalue weighted by atomic mass is 35.5. The molecule has 0 spiro atoms. The fraction of sp³-hybridized carbons (Fsp3) is 0.125. The van der Waals surface area contributed by atoms with Crippen molar-refractivity contribution in [3.8, 4) is 0 Å². The number of para-hydroxylation sites is 1. The van der Waals surface area contributed by atoms with Gasteiger partial charge in [-0.05, 0) is 24.3 Å². The highest BCUT2D eigenvalue weighted by Crippen LogP contribution is 2.20. The van der Waals surface area contributed by atoms with Gasteiger partial charge in [-0.2, -0.15) is 0 Å². The number of benzene rings is 2. The third-order valence-corrected chi connectivity index (χ3v) is 3.29. The zero-order valence-corrected chi connectivity index (χ0v) is 12.7. The Balaban J connectivity index is 1.83. The van der Waals surface area contributed by atoms with Crippen molar-refractivity contribution in [2.45, 2.75) is 6.42 Å². The van der Waals surface area contributed by atoms with Gasteiger partial charge in [-0.15, -0.1) is 0 Å². The van der Waals surface area contributed by atoms with Gasteiger partial charge in [-0.1, -0.05) is 23.7 Å². The first-order valence-electron chi connectivity index (χ1n) is 6.75. The molecule has 0 unspecified atom stereocenters. The average Bonchev–Trinajstić information content (AvgIpc) is 2.49. The molecule has 120 valence electrons. The first kappa shape index (κ1) is 16.9. The van der Waals surface area contributed by atoms with Crippen LogP contribution >= 0.6 is 11.6 Å². The fourth-order valence-corrected chi connectivity index (χ4v) is 2.02. The normalized spacial score (nSPS) is 10.2. The number of halogens is 3. The quantitative estimate of drug-likeness (QED) is 0.878. The van der Waals surface area contributed by atoms with Crippen LogP contribution in [-0.2, 0) is 4.79 Å². The lowest BCUT2D eigenvalue weighted by Gasteiger charge is -2.08. The van der Waals surface area contributed by atoms with Crippen LogP contribution in [0.1, 0.15) is 16.8 Å². The van der Waals surface area contributed by atoms with E-state index in [1.807, 2.05) is 0 Å². The van der Waals surface area contributed by atoms with Gasteiger partial charge >= 0.3 is 0 Å². The lowest BCUT2D eigenvalue weighted by atomic mass is 10.2. The molecule has 0 fully saturated rings. The number of hydrogen-bond donors (Lipinski definition) is 2. The van der Waals surface area contributed by atoms with E-state index in [4.69, 9.17) is 11.6 Å². The maximum absolute atomic E-state index is 13.4. The van der Waals surface area contributed by atoms with Crippen LogP contribution in [0, 0.1) is 11.6 Å². The first-order chi connectivity index (χ1) is 11.0. The first-order valence-corrected chi connectivity index (χ1v) is 7.13. The van der Waals surface area contributed by atoms with Gasteiger partial charge in [0.05, 0.1) is 16.3 Å². The molecular weight excluding hydrogens is 326 g/mol. The van der Waals surface area contributed by atoms with Crippen LogP contribution in [0.5, 0.6) is 0 Å². The zero-order valence-electron chi connectivity index (χ0n) is 11.9. The summed E-state index contributed by atoms with van der Waals surface area (Å²) in [7, 11) is 0. The van der Waals surface area contributed by atoms with E-state index in [0.29, 0.717) is 16.8 Å². The van der Waals surface area contributed by atoms with Crippen LogP contribution in [-0.4, -0.2) is 18.4 Å². The van der Waals surface area contributed by atoms with Crippen LogP contribution in [0.2, 0.25) is 5.02 Å². The smallest absolute Gasteiger partial charge is 0.254 e. The zero-order chi connectivity index (χ0) is 16.8. The Kier molecular flexibility index (Phi) is 5.65. The van der Waals surface area contributed by atoms with Gasteiger partial charge in [0, 0.05) is 19.0 Å². The van der Waals surface area contributed by atoms with Crippen molar-refractivity contribution in [1.82, 2.24) is 5.32 Å². The number of rotatable bonds is 5. The monoisotopic (exact) mass is 338 g/mol. The van der Waals surface area contributed by atoms with Crippen molar-refractivity contribution in [3.05, 3.63) is 64.7 Å². The van der Waals surface area contributed by atoms with E-state index in [-0.39, 0.29) is 24.4 Å². The van der Waals surface area contributed by atoms with Crippen LogP contribution in [0.4, 0.5) is 14.5 Å². The molecule has 2 amide bonds. The molecule has 2 aromatic carbocycles. The summed E-state index contributed by atoms with van der Waals surface area (Å²) >= 11 is 5.91. The molecule has 0 aliphatic carbocycles. The molecule has 0 heterocycles. The second-order valence-corrected chi connectivity index (χ2v) is 5.07. The number of nitrogens with one attached hydrogen (secondary N) is 2. The number of anilines is 1. The molecule has 0 bridgehead atoms. The molecule has 7 heteroatoms. The maximum Gasteiger partial charge on any atom is 0.254 e. The Morgan fingerprint density at radius 3 is 2.52 bits per heavy atom. The SMILES string of the molecule is O=C(CCNC(=O)c1ccc(F)cc1F)Nc1ccccc1Cl. The third-order valence-electron chi connectivity index (χ3n) is 2.96. The molecule has 4 nitrogen and oxygen atoms in total. The van der Waals surface area contributed by atoms with Gasteiger partial charge < -0.3 is 10.6 Å². The number of carbonyl (C=O) groups excluding carboxylic acids is 2. The summed E-state index contributed by atoms with van der Waals surface area (Å²) in [5.74, 6) is -2.78. The molecule has 0 aliphatic rings. The molecule has 0 radical (unpaired) electrons. The van der Waals surface area contributed by atoms with E-state index in [2.05, 4.69) is 10.6 Å². The molecule has 0 saturated heterocycles. The highest BCUT2D eigenvalue weighted by Gasteiger charge is 2.12. The second-order valence-electron chi connectivity index (χ2n) is 4.66. The second kappa shape index (κ2) is 7.69. The Morgan fingerprint density at radius 2 is 1.83 bits per heavy atom. The topological polar surface area (TPSA) is 58.2 Å². The maximum atomic E-state index is 13.4. The summed E-state index contributed by atoms with van der Waals surface area (Å²) in [5.41, 5.74) is 0.188. The molecule has 0 aliphatic heterocycles. The van der Waals surface area contributed by atoms with Crippen LogP contribution in [0.15, 0.2) is 42.5 Å². The fourth-order valence-electron chi connectivity index (χ4n) is 1.83. The van der Waals surface area contributed by atoms with E-state index in [1.165, 1.54) is 0 Å². The van der Waals surface area contributed by atoms with E-state index < -0.39 is 17.5 Å². The molecule has 0 aromatic heterocycles. The van der Waals surface area contributed by atoms with Crippen molar-refractivity contribution in [2.24, 2.45) is 0 Å². The minimum Gasteiger partial charge on any atom is -0.351 e. The molecule has 2 aromatic rings. The summed E-state index contributed by atoms with van der Waals surface area (Å²) in [6, 6.07) is 9.39. The number of hydrogen-bond acceptors (Lipinski definition) is 2. The van der Waals surface area contributed by atoms with Gasteiger partial charge in [0.2, 0.25) is 5.91 Å². The summed E-state index contributed by atoms with van der Waals surface area (Å²) in [6.45, 7) is 0.00589. The Bertz CT molecular complexity index is 738. The van der Waals surface area contributed by atoms with Crippen LogP contribution < -0.4 is 10.6 Å². The van der Waals surface area contributed by atoms with Gasteiger partial charge in [0.25, 0.3) is 5.91 Å². The summed E-state index contributed by atoms with van der Waals surface area (Å²) in [5, 5.41) is 5.39. The van der Waals surface area contributed by atoms with E-state index >= 15 is 0 Å². The summed E-state index contributed by atoms with van der Waals surface area (Å²) in [6.07, 6.45) is -0.0141. The lowest BCUT2D eigenvalue weighted by molar-refractivity contribution is -0.116. The summed E-state index contributed by atoms with van der Waals surface area (Å²) < 4.78 is 26.2. The minimum atomic E-state index is -0.956. The third kappa shape index (κ3) is 4.75. The van der Waals surface area contributed by atoms with E-state index in [1.54, 1.807) is 24.3 Å². The van der Waals surface area contributed by atoms with Crippen molar-refractivity contribution in [2.75, 3.05) is 11.9 Å². The Labute approximate surface area is 136 Å². The molecular formula is C16H13ClF2N2O2. The predicted molar refractivity (Wildman–Crippen MR) is 83.4 cm³/mol. The van der Waals surface area contributed by atoms with Crippen molar-refractivity contribution < 1.29 is 18.4 Å². The van der Waals surface area contributed by atoms with Gasteiger partial charge in [-0.3, -0.25) is 9.59 Å². The number of carbonyl (C=O) groups is 2. The van der Waals surface area contributed by atoms with E-state index in [0.717, 1.165) is 12.1 Å². The molecule has 0 atom stereocenters. The average molecular weight is 339 g/mol. The van der Waals surface area contributed by atoms with E-state index in [9.17, 15) is 18.4 Å². The molecule has 2 rings (SSSR count). The molecule has 0 saturated carbocycles. The van der Waals surface area contributed by atoms with Gasteiger partial charge in [0.1, 0.15) is 11.6 Å². The van der Waals surface area contributed by atoms with Crippen molar-refractivity contribution >= 4 is 29.1 Å². The predicted octanol–water partition coefficient (Wildman–Crippen LogP) is 3.38. The van der Waals surface area contributed by atoms with Crippen molar-refractivity contribution in [1.29, 1.82) is 0 Å². The number of amides is 2. The lowest BCUT2D eigenvalue weighted by Crippen LogP contribution is -2.28. The largest absolute Gasteiger partial charge is 0.351 e. The van der Waals surface area contributed by atoms with Gasteiger partial charge in [0.15, 0.2) is 0 Å². The van der Waals surface area contributed by atoms with Gasteiger partial charge in [-0.25, -0.2) is 8.78 Å². The Morgan fingerprint density at radius 1 is 1.09 bits per heavy atom. The van der Waals surface area contributed by atoms with Crippen LogP contribution in [0.25, 0.3) is 0 Å². The molecule has 2 N–H and O–H groups in total.